The van der Waals surface area contributed by atoms with Gasteiger partial charge in [-0.3, -0.25) is 14.4 Å². The summed E-state index contributed by atoms with van der Waals surface area (Å²) in [5.74, 6) is -0.874. The van der Waals surface area contributed by atoms with Crippen LogP contribution in [0.5, 0.6) is 0 Å². The summed E-state index contributed by atoms with van der Waals surface area (Å²) in [6.07, 6.45) is 5.15. The Bertz CT molecular complexity index is 1050. The van der Waals surface area contributed by atoms with Crippen LogP contribution in [-0.4, -0.2) is 59.8 Å². The van der Waals surface area contributed by atoms with E-state index in [-0.39, 0.29) is 33.9 Å². The number of nitrogens with zero attached hydrogens (tertiary/aromatic N) is 1. The summed E-state index contributed by atoms with van der Waals surface area (Å²) >= 11 is 7.87. The number of thiophene rings is 1. The minimum Gasteiger partial charge on any atom is -0.462 e. The molecule has 0 aromatic carbocycles. The first-order valence-electron chi connectivity index (χ1n) is 12.8. The van der Waals surface area contributed by atoms with Gasteiger partial charge >= 0.3 is 11.9 Å². The number of hydrogen-bond donors (Lipinski definition) is 1. The molecule has 10 heteroatoms. The van der Waals surface area contributed by atoms with Gasteiger partial charge in [0.1, 0.15) is 5.00 Å². The molecule has 4 aliphatic rings. The van der Waals surface area contributed by atoms with Crippen molar-refractivity contribution in [2.45, 2.75) is 71.1 Å². The summed E-state index contributed by atoms with van der Waals surface area (Å²) in [6, 6.07) is 0. The monoisotopic (exact) mass is 538 g/mol. The van der Waals surface area contributed by atoms with Gasteiger partial charge in [-0.25, -0.2) is 4.79 Å². The number of esters is 2. The SMILES string of the molecule is CCOC(=O)c1c(NC(=O)COC(=O)C23CC4CC(CC(Cl)(C4)C2)C3)sc(C(=O)N(CC)CC)c1C. The van der Waals surface area contributed by atoms with Gasteiger partial charge in [-0.15, -0.1) is 22.9 Å². The number of rotatable bonds is 9. The molecule has 2 atom stereocenters. The van der Waals surface area contributed by atoms with E-state index in [0.717, 1.165) is 43.4 Å². The highest BCUT2D eigenvalue weighted by Crippen LogP contribution is 2.64. The van der Waals surface area contributed by atoms with E-state index in [9.17, 15) is 19.2 Å². The van der Waals surface area contributed by atoms with Crippen LogP contribution in [0, 0.1) is 24.2 Å². The third-order valence-electron chi connectivity index (χ3n) is 7.88. The summed E-state index contributed by atoms with van der Waals surface area (Å²) in [7, 11) is 0. The van der Waals surface area contributed by atoms with Crippen LogP contribution in [0.2, 0.25) is 0 Å². The Morgan fingerprint density at radius 1 is 1.06 bits per heavy atom. The van der Waals surface area contributed by atoms with Gasteiger partial charge in [0.2, 0.25) is 0 Å². The molecule has 0 saturated heterocycles. The molecular formula is C26H35ClN2O6S. The molecule has 2 unspecified atom stereocenters. The summed E-state index contributed by atoms with van der Waals surface area (Å²) in [5, 5.41) is 2.90. The summed E-state index contributed by atoms with van der Waals surface area (Å²) < 4.78 is 10.7. The fraction of sp³-hybridized carbons (Fsp3) is 0.692. The fourth-order valence-electron chi connectivity index (χ4n) is 6.75. The molecule has 4 saturated carbocycles. The van der Waals surface area contributed by atoms with Crippen LogP contribution in [0.25, 0.3) is 0 Å². The van der Waals surface area contributed by atoms with E-state index in [1.54, 1.807) is 18.7 Å². The predicted molar refractivity (Wildman–Crippen MR) is 138 cm³/mol. The minimum absolute atomic E-state index is 0.155. The molecule has 0 aliphatic heterocycles. The van der Waals surface area contributed by atoms with Crippen molar-refractivity contribution in [1.82, 2.24) is 4.90 Å². The van der Waals surface area contributed by atoms with Crippen LogP contribution in [0.15, 0.2) is 0 Å². The second-order valence-corrected chi connectivity index (χ2v) is 12.3. The smallest absolute Gasteiger partial charge is 0.341 e. The molecule has 36 heavy (non-hydrogen) atoms. The van der Waals surface area contributed by atoms with Gasteiger partial charge in [-0.05, 0) is 83.6 Å². The number of carbonyl (C=O) groups excluding carboxylic acids is 4. The Morgan fingerprint density at radius 2 is 1.69 bits per heavy atom. The van der Waals surface area contributed by atoms with E-state index in [0.29, 0.717) is 41.8 Å². The zero-order chi connectivity index (χ0) is 26.3. The van der Waals surface area contributed by atoms with Crippen molar-refractivity contribution in [3.8, 4) is 0 Å². The zero-order valence-electron chi connectivity index (χ0n) is 21.4. The number of carbonyl (C=O) groups is 4. The first-order valence-corrected chi connectivity index (χ1v) is 14.0. The van der Waals surface area contributed by atoms with E-state index >= 15 is 0 Å². The molecule has 0 spiro atoms. The van der Waals surface area contributed by atoms with Gasteiger partial charge in [0, 0.05) is 18.0 Å². The first-order chi connectivity index (χ1) is 17.0. The number of amides is 2. The summed E-state index contributed by atoms with van der Waals surface area (Å²) in [4.78, 5) is 53.3. The largest absolute Gasteiger partial charge is 0.462 e. The highest BCUT2D eigenvalue weighted by molar-refractivity contribution is 7.18. The van der Waals surface area contributed by atoms with E-state index in [1.165, 1.54) is 0 Å². The van der Waals surface area contributed by atoms with Crippen molar-refractivity contribution < 1.29 is 28.7 Å². The molecule has 4 bridgehead atoms. The van der Waals surface area contributed by atoms with Crippen LogP contribution in [-0.2, 0) is 19.1 Å². The quantitative estimate of drug-likeness (QED) is 0.359. The molecule has 0 radical (unpaired) electrons. The second-order valence-electron chi connectivity index (χ2n) is 10.5. The van der Waals surface area contributed by atoms with E-state index in [2.05, 4.69) is 5.32 Å². The number of halogens is 1. The van der Waals surface area contributed by atoms with Crippen LogP contribution in [0.1, 0.15) is 84.9 Å². The average molecular weight is 539 g/mol. The van der Waals surface area contributed by atoms with E-state index in [1.807, 2.05) is 13.8 Å². The molecule has 198 valence electrons. The maximum absolute atomic E-state index is 13.2. The number of ether oxygens (including phenoxy) is 2. The van der Waals surface area contributed by atoms with Crippen molar-refractivity contribution in [2.75, 3.05) is 31.6 Å². The van der Waals surface area contributed by atoms with Crippen molar-refractivity contribution in [3.05, 3.63) is 16.0 Å². The van der Waals surface area contributed by atoms with Gasteiger partial charge in [0.05, 0.1) is 22.5 Å². The maximum atomic E-state index is 13.2. The van der Waals surface area contributed by atoms with E-state index in [4.69, 9.17) is 21.1 Å². The first kappa shape index (κ1) is 26.9. The van der Waals surface area contributed by atoms with Crippen LogP contribution in [0.3, 0.4) is 0 Å². The normalized spacial score (nSPS) is 28.0. The molecule has 4 aliphatic carbocycles. The van der Waals surface area contributed by atoms with Gasteiger partial charge in [0.15, 0.2) is 6.61 Å². The number of nitrogens with one attached hydrogen (secondary N) is 1. The number of anilines is 1. The standard InChI is InChI=1S/C26H35ClN2O6S/c1-5-29(6-2)22(31)20-15(4)19(23(32)34-7-3)21(36-20)28-18(30)13-35-24(33)25-9-16-8-17(10-25)12-26(27,11-16)14-25/h16-17H,5-14H2,1-4H3,(H,28,30). The third kappa shape index (κ3) is 5.01. The molecule has 1 heterocycles. The molecule has 8 nitrogen and oxygen atoms in total. The highest BCUT2D eigenvalue weighted by Gasteiger charge is 2.60. The Morgan fingerprint density at radius 3 is 2.25 bits per heavy atom. The number of alkyl halides is 1. The molecule has 1 N–H and O–H groups in total. The highest BCUT2D eigenvalue weighted by atomic mass is 35.5. The minimum atomic E-state index is -0.613. The fourth-order valence-corrected chi connectivity index (χ4v) is 8.62. The van der Waals surface area contributed by atoms with E-state index < -0.39 is 23.9 Å². The van der Waals surface area contributed by atoms with Crippen LogP contribution < -0.4 is 5.32 Å². The Balaban J connectivity index is 1.47. The van der Waals surface area contributed by atoms with Gasteiger partial charge < -0.3 is 19.7 Å². The topological polar surface area (TPSA) is 102 Å². The Hall–Kier alpha value is -2.13. The van der Waals surface area contributed by atoms with Crippen molar-refractivity contribution >= 4 is 51.7 Å². The average Bonchev–Trinajstić information content (AvgIpc) is 3.12. The zero-order valence-corrected chi connectivity index (χ0v) is 23.0. The van der Waals surface area contributed by atoms with Gasteiger partial charge in [0.25, 0.3) is 11.8 Å². The molecule has 2 amide bonds. The lowest BCUT2D eigenvalue weighted by Gasteiger charge is -2.58. The van der Waals surface area contributed by atoms with Gasteiger partial charge in [-0.1, -0.05) is 0 Å². The predicted octanol–water partition coefficient (Wildman–Crippen LogP) is 4.77. The Labute approximate surface area is 221 Å². The van der Waals surface area contributed by atoms with Crippen LogP contribution >= 0.6 is 22.9 Å². The third-order valence-corrected chi connectivity index (χ3v) is 9.52. The molecule has 1 aromatic heterocycles. The lowest BCUT2D eigenvalue weighted by Crippen LogP contribution is -2.56. The van der Waals surface area contributed by atoms with Crippen molar-refractivity contribution in [2.24, 2.45) is 17.3 Å². The summed E-state index contributed by atoms with van der Waals surface area (Å²) in [5.41, 5.74) is 0.0104. The van der Waals surface area contributed by atoms with Crippen molar-refractivity contribution in [3.63, 3.8) is 0 Å². The lowest BCUT2D eigenvalue weighted by atomic mass is 9.49. The number of hydrogen-bond acceptors (Lipinski definition) is 7. The lowest BCUT2D eigenvalue weighted by molar-refractivity contribution is -0.171. The molecule has 4 fully saturated rings. The molecular weight excluding hydrogens is 504 g/mol. The molecule has 1 aromatic rings. The van der Waals surface area contributed by atoms with Crippen molar-refractivity contribution in [1.29, 1.82) is 0 Å². The second kappa shape index (κ2) is 10.3. The van der Waals surface area contributed by atoms with Gasteiger partial charge in [-0.2, -0.15) is 0 Å². The van der Waals surface area contributed by atoms with Crippen LogP contribution in [0.4, 0.5) is 5.00 Å². The Kier molecular flexibility index (Phi) is 7.72. The maximum Gasteiger partial charge on any atom is 0.341 e. The summed E-state index contributed by atoms with van der Waals surface area (Å²) in [6.45, 7) is 7.85. The molecule has 5 rings (SSSR count).